The number of rotatable bonds is 8. The number of thiocarbonyl (C=S) groups is 1. The van der Waals surface area contributed by atoms with Crippen LogP contribution < -0.4 is 9.47 Å². The predicted octanol–water partition coefficient (Wildman–Crippen LogP) is 5.83. The molecule has 30 heavy (non-hydrogen) atoms. The second-order valence-corrected chi connectivity index (χ2v) is 9.51. The minimum Gasteiger partial charge on any atom is -0.490 e. The summed E-state index contributed by atoms with van der Waals surface area (Å²) in [6.07, 6.45) is 4.30. The fourth-order valence-corrected chi connectivity index (χ4v) is 4.47. The molecule has 0 radical (unpaired) electrons. The summed E-state index contributed by atoms with van der Waals surface area (Å²) in [5.74, 6) is 1.27. The summed E-state index contributed by atoms with van der Waals surface area (Å²) in [7, 11) is 1.69. The summed E-state index contributed by atoms with van der Waals surface area (Å²) in [5, 5.41) is 0. The number of likely N-dealkylation sites (N-methyl/N-ethyl adjacent to an activating group) is 1. The summed E-state index contributed by atoms with van der Waals surface area (Å²) in [6, 6.07) is 12.1. The lowest BCUT2D eigenvalue weighted by Gasteiger charge is -2.17. The number of hydrogen-bond donors (Lipinski definition) is 0. The zero-order valence-electron chi connectivity index (χ0n) is 16.8. The van der Waals surface area contributed by atoms with Crippen LogP contribution in [0.1, 0.15) is 23.6 Å². The van der Waals surface area contributed by atoms with Crippen LogP contribution in [0.2, 0.25) is 0 Å². The van der Waals surface area contributed by atoms with Crippen LogP contribution >= 0.6 is 46.6 Å². The maximum atomic E-state index is 12.4. The molecule has 0 atom stereocenters. The van der Waals surface area contributed by atoms with Crippen molar-refractivity contribution >= 4 is 62.9 Å². The van der Waals surface area contributed by atoms with Gasteiger partial charge >= 0.3 is 0 Å². The number of hydrogen-bond acceptors (Lipinski definition) is 5. The van der Waals surface area contributed by atoms with Gasteiger partial charge < -0.3 is 9.47 Å². The van der Waals surface area contributed by atoms with Crippen LogP contribution in [0.4, 0.5) is 0 Å². The molecule has 4 nitrogen and oxygen atoms in total. The number of ether oxygens (including phenoxy) is 2. The molecule has 0 aromatic heterocycles. The molecule has 0 spiro atoms. The van der Waals surface area contributed by atoms with Crippen LogP contribution in [-0.4, -0.2) is 28.8 Å². The number of nitrogens with zero attached hydrogens (tertiary/aromatic N) is 1. The highest BCUT2D eigenvalue weighted by Crippen LogP contribution is 2.37. The summed E-state index contributed by atoms with van der Waals surface area (Å²) < 4.78 is 13.8. The molecular formula is C23H22INO3S2. The van der Waals surface area contributed by atoms with Crippen LogP contribution in [0.15, 0.2) is 54.0 Å². The molecule has 1 saturated heterocycles. The largest absolute Gasteiger partial charge is 0.490 e. The fourth-order valence-electron chi connectivity index (χ4n) is 2.93. The Morgan fingerprint density at radius 3 is 2.57 bits per heavy atom. The molecule has 0 N–H and O–H groups in total. The number of allylic oxidation sites excluding steroid dienone is 1. The number of amides is 1. The van der Waals surface area contributed by atoms with Gasteiger partial charge in [0.2, 0.25) is 0 Å². The Morgan fingerprint density at radius 1 is 1.23 bits per heavy atom. The van der Waals surface area contributed by atoms with Gasteiger partial charge in [-0.25, -0.2) is 0 Å². The quantitative estimate of drug-likeness (QED) is 0.179. The number of benzene rings is 2. The summed E-state index contributed by atoms with van der Waals surface area (Å²) in [5.41, 5.74) is 2.91. The van der Waals surface area contributed by atoms with Gasteiger partial charge in [-0.3, -0.25) is 9.69 Å². The Bertz CT molecular complexity index is 1000. The topological polar surface area (TPSA) is 38.8 Å². The Morgan fingerprint density at radius 2 is 1.97 bits per heavy atom. The van der Waals surface area contributed by atoms with Gasteiger partial charge in [-0.2, -0.15) is 0 Å². The molecule has 156 valence electrons. The highest BCUT2D eigenvalue weighted by atomic mass is 127. The first-order valence-electron chi connectivity index (χ1n) is 9.42. The lowest BCUT2D eigenvalue weighted by atomic mass is 10.0. The molecule has 2 aromatic rings. The van der Waals surface area contributed by atoms with Crippen molar-refractivity contribution in [3.63, 3.8) is 0 Å². The summed E-state index contributed by atoms with van der Waals surface area (Å²) in [6.45, 7) is 6.75. The van der Waals surface area contributed by atoms with E-state index in [1.54, 1.807) is 7.05 Å². The predicted molar refractivity (Wildman–Crippen MR) is 136 cm³/mol. The zero-order chi connectivity index (χ0) is 21.7. The highest BCUT2D eigenvalue weighted by molar-refractivity contribution is 14.1. The Hall–Kier alpha value is -1.84. The summed E-state index contributed by atoms with van der Waals surface area (Å²) in [4.78, 5) is 14.5. The molecule has 2 aromatic carbocycles. The van der Waals surface area contributed by atoms with Crippen LogP contribution in [0, 0.1) is 3.57 Å². The van der Waals surface area contributed by atoms with Gasteiger partial charge in [0.15, 0.2) is 11.5 Å². The van der Waals surface area contributed by atoms with Gasteiger partial charge in [0.05, 0.1) is 11.5 Å². The first-order chi connectivity index (χ1) is 14.4. The van der Waals surface area contributed by atoms with Crippen molar-refractivity contribution in [3.8, 4) is 11.5 Å². The number of thioether (sulfide) groups is 1. The second-order valence-electron chi connectivity index (χ2n) is 6.59. The van der Waals surface area contributed by atoms with E-state index in [1.807, 2.05) is 31.2 Å². The van der Waals surface area contributed by atoms with Crippen molar-refractivity contribution in [2.45, 2.75) is 20.0 Å². The maximum Gasteiger partial charge on any atom is 0.265 e. The van der Waals surface area contributed by atoms with E-state index in [9.17, 15) is 4.79 Å². The Labute approximate surface area is 200 Å². The highest BCUT2D eigenvalue weighted by Gasteiger charge is 2.28. The molecule has 0 aliphatic carbocycles. The molecule has 0 saturated carbocycles. The van der Waals surface area contributed by atoms with Gasteiger partial charge in [0.1, 0.15) is 10.9 Å². The maximum absolute atomic E-state index is 12.4. The van der Waals surface area contributed by atoms with Crippen LogP contribution in [0.5, 0.6) is 11.5 Å². The van der Waals surface area contributed by atoms with E-state index in [0.717, 1.165) is 16.7 Å². The van der Waals surface area contributed by atoms with E-state index < -0.39 is 0 Å². The van der Waals surface area contributed by atoms with Crippen LogP contribution in [-0.2, 0) is 17.8 Å². The first kappa shape index (κ1) is 22.8. The van der Waals surface area contributed by atoms with E-state index >= 15 is 0 Å². The average molecular weight is 551 g/mol. The number of halogens is 1. The third-order valence-electron chi connectivity index (χ3n) is 4.40. The molecular weight excluding hydrogens is 529 g/mol. The van der Waals surface area contributed by atoms with Crippen molar-refractivity contribution in [2.75, 3.05) is 13.7 Å². The summed E-state index contributed by atoms with van der Waals surface area (Å²) >= 11 is 8.81. The van der Waals surface area contributed by atoms with E-state index in [-0.39, 0.29) is 5.91 Å². The molecule has 1 fully saturated rings. The van der Waals surface area contributed by atoms with E-state index in [2.05, 4.69) is 53.4 Å². The standard InChI is InChI=1S/C23H22INO3S2/c1-4-6-17-11-16(13-20-22(26)25(3)23(29)30-20)12-19(27-5-2)21(17)28-14-15-7-9-18(24)10-8-15/h4,7-13H,1,5-6,14H2,2-3H3. The van der Waals surface area contributed by atoms with Crippen LogP contribution in [0.3, 0.4) is 0 Å². The monoisotopic (exact) mass is 551 g/mol. The third-order valence-corrected chi connectivity index (χ3v) is 6.60. The van der Waals surface area contributed by atoms with Crippen molar-refractivity contribution in [1.29, 1.82) is 0 Å². The molecule has 1 amide bonds. The number of carbonyl (C=O) groups excluding carboxylic acids is 1. The average Bonchev–Trinajstić information content (AvgIpc) is 2.96. The minimum absolute atomic E-state index is 0.0905. The number of carbonyl (C=O) groups is 1. The lowest BCUT2D eigenvalue weighted by Crippen LogP contribution is -2.22. The first-order valence-corrected chi connectivity index (χ1v) is 11.7. The van der Waals surface area contributed by atoms with Crippen LogP contribution in [0.25, 0.3) is 6.08 Å². The van der Waals surface area contributed by atoms with E-state index in [4.69, 9.17) is 21.7 Å². The van der Waals surface area contributed by atoms with Gasteiger partial charge in [0, 0.05) is 16.2 Å². The van der Waals surface area contributed by atoms with Gasteiger partial charge in [-0.1, -0.05) is 42.2 Å². The van der Waals surface area contributed by atoms with Crippen molar-refractivity contribution < 1.29 is 14.3 Å². The molecule has 1 aliphatic rings. The normalized spacial score (nSPS) is 15.0. The van der Waals surface area contributed by atoms with Crippen molar-refractivity contribution in [3.05, 3.63) is 74.2 Å². The third kappa shape index (κ3) is 5.44. The molecule has 0 bridgehead atoms. The molecule has 1 heterocycles. The fraction of sp³-hybridized carbons (Fsp3) is 0.217. The van der Waals surface area contributed by atoms with E-state index in [1.165, 1.54) is 20.2 Å². The van der Waals surface area contributed by atoms with Gasteiger partial charge in [-0.15, -0.1) is 6.58 Å². The molecule has 3 rings (SSSR count). The molecule has 7 heteroatoms. The Kier molecular flexibility index (Phi) is 7.96. The van der Waals surface area contributed by atoms with Crippen molar-refractivity contribution in [2.24, 2.45) is 0 Å². The minimum atomic E-state index is -0.0905. The molecule has 0 unspecified atom stereocenters. The van der Waals surface area contributed by atoms with Crippen molar-refractivity contribution in [1.82, 2.24) is 4.90 Å². The van der Waals surface area contributed by atoms with E-state index in [0.29, 0.717) is 40.4 Å². The SMILES string of the molecule is C=CCc1cc(C=C2SC(=S)N(C)C2=O)cc(OCC)c1OCc1ccc(I)cc1. The molecule has 1 aliphatic heterocycles. The van der Waals surface area contributed by atoms with Gasteiger partial charge in [0.25, 0.3) is 5.91 Å². The lowest BCUT2D eigenvalue weighted by molar-refractivity contribution is -0.121. The second kappa shape index (κ2) is 10.5. The zero-order valence-corrected chi connectivity index (χ0v) is 20.6. The smallest absolute Gasteiger partial charge is 0.265 e. The van der Waals surface area contributed by atoms with Gasteiger partial charge in [-0.05, 0) is 77.4 Å². The Balaban J connectivity index is 1.95.